The van der Waals surface area contributed by atoms with E-state index < -0.39 is 0 Å². The van der Waals surface area contributed by atoms with Crippen molar-refractivity contribution in [1.82, 2.24) is 10.3 Å². The van der Waals surface area contributed by atoms with Crippen molar-refractivity contribution in [2.45, 2.75) is 32.6 Å². The van der Waals surface area contributed by atoms with Crippen LogP contribution in [0.25, 0.3) is 5.57 Å². The van der Waals surface area contributed by atoms with Gasteiger partial charge >= 0.3 is 0 Å². The van der Waals surface area contributed by atoms with Gasteiger partial charge in [-0.05, 0) is 18.4 Å². The minimum atomic E-state index is 0.0924. The summed E-state index contributed by atoms with van der Waals surface area (Å²) in [6.45, 7) is 3.22. The Morgan fingerprint density at radius 3 is 3.21 bits per heavy atom. The van der Waals surface area contributed by atoms with Crippen molar-refractivity contribution in [3.8, 4) is 5.75 Å². The Balaban J connectivity index is 1.83. The third kappa shape index (κ3) is 2.23. The van der Waals surface area contributed by atoms with Crippen LogP contribution in [0.5, 0.6) is 5.75 Å². The lowest BCUT2D eigenvalue weighted by atomic mass is 10.0. The van der Waals surface area contributed by atoms with E-state index in [-0.39, 0.29) is 5.91 Å². The molecule has 2 aliphatic rings. The van der Waals surface area contributed by atoms with Gasteiger partial charge in [0.1, 0.15) is 5.75 Å². The highest BCUT2D eigenvalue weighted by Gasteiger charge is 2.26. The van der Waals surface area contributed by atoms with Crippen LogP contribution in [0.15, 0.2) is 12.3 Å². The minimum absolute atomic E-state index is 0.0924. The molecule has 0 atom stereocenters. The summed E-state index contributed by atoms with van der Waals surface area (Å²) in [7, 11) is 0. The summed E-state index contributed by atoms with van der Waals surface area (Å²) < 4.78 is 5.57. The van der Waals surface area contributed by atoms with E-state index >= 15 is 0 Å². The zero-order valence-corrected chi connectivity index (χ0v) is 11.2. The number of aromatic nitrogens is 1. The van der Waals surface area contributed by atoms with Gasteiger partial charge in [-0.3, -0.25) is 9.78 Å². The zero-order valence-electron chi connectivity index (χ0n) is 11.2. The van der Waals surface area contributed by atoms with E-state index in [2.05, 4.69) is 16.4 Å². The van der Waals surface area contributed by atoms with Crippen LogP contribution in [0.2, 0.25) is 0 Å². The van der Waals surface area contributed by atoms with Crippen molar-refractivity contribution in [2.24, 2.45) is 0 Å². The highest BCUT2D eigenvalue weighted by molar-refractivity contribution is 5.78. The fourth-order valence-corrected chi connectivity index (χ4v) is 2.78. The van der Waals surface area contributed by atoms with Crippen LogP contribution >= 0.6 is 0 Å². The van der Waals surface area contributed by atoms with Gasteiger partial charge in [-0.15, -0.1) is 0 Å². The van der Waals surface area contributed by atoms with Gasteiger partial charge in [-0.2, -0.15) is 0 Å². The molecule has 1 aromatic heterocycles. The monoisotopic (exact) mass is 258 g/mol. The van der Waals surface area contributed by atoms with Gasteiger partial charge in [0.05, 0.1) is 12.8 Å². The molecule has 0 saturated heterocycles. The van der Waals surface area contributed by atoms with Crippen molar-refractivity contribution >= 4 is 11.5 Å². The largest absolute Gasteiger partial charge is 0.491 e. The first-order valence-electron chi connectivity index (χ1n) is 6.89. The third-order valence-corrected chi connectivity index (χ3v) is 3.76. The number of ether oxygens (including phenoxy) is 1. The van der Waals surface area contributed by atoms with Crippen molar-refractivity contribution in [2.75, 3.05) is 13.2 Å². The predicted octanol–water partition coefficient (Wildman–Crippen LogP) is 1.87. The van der Waals surface area contributed by atoms with Crippen LogP contribution in [0.1, 0.15) is 36.6 Å². The molecule has 0 unspecified atom stereocenters. The standard InChI is InChI=1S/C15H18N2O2/c1-2-14(18)16-7-5-10-3-4-12-15(10)11-6-8-19-13(11)9-17-12/h5,9H,2-4,6-8H2,1H3,(H,16,18)/b10-5+. The molecule has 1 aliphatic carbocycles. The Morgan fingerprint density at radius 2 is 2.37 bits per heavy atom. The molecule has 3 rings (SSSR count). The van der Waals surface area contributed by atoms with Gasteiger partial charge in [0.15, 0.2) is 0 Å². The molecule has 2 heterocycles. The van der Waals surface area contributed by atoms with Gasteiger partial charge < -0.3 is 10.1 Å². The van der Waals surface area contributed by atoms with Crippen molar-refractivity contribution in [3.05, 3.63) is 29.1 Å². The average Bonchev–Trinajstić information content (AvgIpc) is 3.03. The summed E-state index contributed by atoms with van der Waals surface area (Å²) in [6, 6.07) is 0. The number of pyridine rings is 1. The molecule has 0 radical (unpaired) electrons. The maximum Gasteiger partial charge on any atom is 0.219 e. The van der Waals surface area contributed by atoms with E-state index in [1.165, 1.54) is 22.4 Å². The predicted molar refractivity (Wildman–Crippen MR) is 73.0 cm³/mol. The first-order valence-corrected chi connectivity index (χ1v) is 6.89. The van der Waals surface area contributed by atoms with Crippen LogP contribution in [0, 0.1) is 0 Å². The second-order valence-corrected chi connectivity index (χ2v) is 4.91. The summed E-state index contributed by atoms with van der Waals surface area (Å²) in [6.07, 6.45) is 7.49. The van der Waals surface area contributed by atoms with Crippen LogP contribution < -0.4 is 10.1 Å². The molecule has 1 aliphatic heterocycles. The molecule has 0 spiro atoms. The number of nitrogens with one attached hydrogen (secondary N) is 1. The Morgan fingerprint density at radius 1 is 1.47 bits per heavy atom. The summed E-state index contributed by atoms with van der Waals surface area (Å²) in [4.78, 5) is 15.7. The third-order valence-electron chi connectivity index (χ3n) is 3.76. The summed E-state index contributed by atoms with van der Waals surface area (Å²) in [5.41, 5.74) is 5.06. The van der Waals surface area contributed by atoms with Crippen molar-refractivity contribution < 1.29 is 9.53 Å². The SMILES string of the molecule is CCC(=O)NC/C=C1\CCc2ncc3c(c21)CCO3. The van der Waals surface area contributed by atoms with Crippen LogP contribution in [-0.4, -0.2) is 24.0 Å². The second kappa shape index (κ2) is 5.03. The topological polar surface area (TPSA) is 51.2 Å². The fraction of sp³-hybridized carbons (Fsp3) is 0.467. The van der Waals surface area contributed by atoms with E-state index in [4.69, 9.17) is 4.74 Å². The van der Waals surface area contributed by atoms with Gasteiger partial charge in [0.25, 0.3) is 0 Å². The Kier molecular flexibility index (Phi) is 3.23. The van der Waals surface area contributed by atoms with Crippen LogP contribution in [0.3, 0.4) is 0 Å². The number of aryl methyl sites for hydroxylation is 1. The lowest BCUT2D eigenvalue weighted by Gasteiger charge is -2.07. The molecule has 0 aromatic carbocycles. The van der Waals surface area contributed by atoms with E-state index in [9.17, 15) is 4.79 Å². The quantitative estimate of drug-likeness (QED) is 0.900. The molecule has 0 saturated carbocycles. The number of carbonyl (C=O) groups excluding carboxylic acids is 1. The van der Waals surface area contributed by atoms with Gasteiger partial charge in [0, 0.05) is 36.2 Å². The van der Waals surface area contributed by atoms with E-state index in [1.54, 1.807) is 0 Å². The molecular formula is C15H18N2O2. The maximum atomic E-state index is 11.2. The Labute approximate surface area is 112 Å². The number of hydrogen-bond acceptors (Lipinski definition) is 3. The lowest BCUT2D eigenvalue weighted by molar-refractivity contribution is -0.120. The summed E-state index contributed by atoms with van der Waals surface area (Å²) in [5, 5.41) is 2.89. The van der Waals surface area contributed by atoms with Gasteiger partial charge in [0.2, 0.25) is 5.91 Å². The van der Waals surface area contributed by atoms with Crippen molar-refractivity contribution in [1.29, 1.82) is 0 Å². The molecule has 0 bridgehead atoms. The highest BCUT2D eigenvalue weighted by Crippen LogP contribution is 2.39. The molecule has 1 aromatic rings. The first-order chi connectivity index (χ1) is 9.29. The average molecular weight is 258 g/mol. The number of carbonyl (C=O) groups is 1. The summed E-state index contributed by atoms with van der Waals surface area (Å²) in [5.74, 6) is 1.03. The van der Waals surface area contributed by atoms with E-state index in [0.29, 0.717) is 13.0 Å². The number of rotatable bonds is 3. The number of nitrogens with zero attached hydrogens (tertiary/aromatic N) is 1. The Hall–Kier alpha value is -1.84. The lowest BCUT2D eigenvalue weighted by Crippen LogP contribution is -2.22. The van der Waals surface area contributed by atoms with Crippen LogP contribution in [-0.2, 0) is 17.6 Å². The molecule has 100 valence electrons. The highest BCUT2D eigenvalue weighted by atomic mass is 16.5. The molecule has 4 nitrogen and oxygen atoms in total. The number of allylic oxidation sites excluding steroid dienone is 1. The fourth-order valence-electron chi connectivity index (χ4n) is 2.78. The molecule has 4 heteroatoms. The normalized spacial score (nSPS) is 18.1. The van der Waals surface area contributed by atoms with E-state index in [1.807, 2.05) is 13.1 Å². The van der Waals surface area contributed by atoms with Gasteiger partial charge in [-0.25, -0.2) is 0 Å². The molecule has 1 N–H and O–H groups in total. The Bertz CT molecular complexity index is 549. The van der Waals surface area contributed by atoms with Gasteiger partial charge in [-0.1, -0.05) is 13.0 Å². The molecular weight excluding hydrogens is 240 g/mol. The van der Waals surface area contributed by atoms with Crippen molar-refractivity contribution in [3.63, 3.8) is 0 Å². The minimum Gasteiger partial charge on any atom is -0.491 e. The molecule has 1 amide bonds. The number of hydrogen-bond donors (Lipinski definition) is 1. The number of fused-ring (bicyclic) bond motifs is 3. The molecule has 19 heavy (non-hydrogen) atoms. The summed E-state index contributed by atoms with van der Waals surface area (Å²) >= 11 is 0. The number of amides is 1. The smallest absolute Gasteiger partial charge is 0.219 e. The van der Waals surface area contributed by atoms with Crippen LogP contribution in [0.4, 0.5) is 0 Å². The maximum absolute atomic E-state index is 11.2. The van der Waals surface area contributed by atoms with E-state index in [0.717, 1.165) is 31.6 Å². The second-order valence-electron chi connectivity index (χ2n) is 4.91. The molecule has 0 fully saturated rings. The first kappa shape index (κ1) is 12.2. The zero-order chi connectivity index (χ0) is 13.2.